The van der Waals surface area contributed by atoms with Crippen LogP contribution in [-0.2, 0) is 0 Å². The number of hydrogen-bond acceptors (Lipinski definition) is 3. The lowest BCUT2D eigenvalue weighted by atomic mass is 9.54. The lowest BCUT2D eigenvalue weighted by molar-refractivity contribution is 0.386. The summed E-state index contributed by atoms with van der Waals surface area (Å²) in [6.07, 6.45) is 1.93. The summed E-state index contributed by atoms with van der Waals surface area (Å²) in [5.74, 6) is 2.06. The maximum atomic E-state index is 6.09. The molecular weight excluding hydrogens is 392 g/mol. The molecule has 2 unspecified atom stereocenters. The van der Waals surface area contributed by atoms with Gasteiger partial charge in [0.05, 0.1) is 5.84 Å². The van der Waals surface area contributed by atoms with Gasteiger partial charge in [0, 0.05) is 34.8 Å². The number of amidine groups is 1. The molecule has 4 heteroatoms. The molecule has 0 radical (unpaired) electrons. The zero-order valence-electron chi connectivity index (χ0n) is 19.4. The summed E-state index contributed by atoms with van der Waals surface area (Å²) in [6, 6.07) is 23.7. The number of allylic oxidation sites excluding steroid dienone is 2. The van der Waals surface area contributed by atoms with E-state index in [0.29, 0.717) is 5.84 Å². The van der Waals surface area contributed by atoms with Gasteiger partial charge in [0.1, 0.15) is 5.82 Å². The van der Waals surface area contributed by atoms with Gasteiger partial charge in [-0.15, -0.1) is 0 Å². The Morgan fingerprint density at radius 2 is 1.47 bits per heavy atom. The molecule has 2 aromatic carbocycles. The Morgan fingerprint density at radius 3 is 1.94 bits per heavy atom. The largest absolute Gasteiger partial charge is 0.387 e. The number of hydrogen-bond donors (Lipinski definition) is 1. The van der Waals surface area contributed by atoms with Gasteiger partial charge >= 0.3 is 0 Å². The third-order valence-corrected chi connectivity index (χ3v) is 6.16. The molecule has 1 fully saturated rings. The maximum absolute atomic E-state index is 6.09. The molecule has 3 aromatic rings. The molecule has 2 atom stereocenters. The monoisotopic (exact) mass is 424 g/mol. The van der Waals surface area contributed by atoms with E-state index in [9.17, 15) is 0 Å². The number of nitrogens with zero attached hydrogens (tertiary/aromatic N) is 3. The van der Waals surface area contributed by atoms with Gasteiger partial charge in [-0.2, -0.15) is 0 Å². The van der Waals surface area contributed by atoms with Crippen LogP contribution in [0.1, 0.15) is 72.8 Å². The summed E-state index contributed by atoms with van der Waals surface area (Å²) in [7, 11) is 0. The predicted octanol–water partition coefficient (Wildman–Crippen LogP) is 6.19. The second kappa shape index (κ2) is 9.47. The number of nitrogens with two attached hydrogens (primary N) is 1. The van der Waals surface area contributed by atoms with Crippen molar-refractivity contribution in [2.24, 2.45) is 10.7 Å². The van der Waals surface area contributed by atoms with E-state index in [2.05, 4.69) is 78.6 Å². The first-order valence-electron chi connectivity index (χ1n) is 11.4. The van der Waals surface area contributed by atoms with E-state index in [-0.39, 0.29) is 17.8 Å². The molecule has 1 heterocycles. The van der Waals surface area contributed by atoms with Crippen LogP contribution in [0.2, 0.25) is 0 Å². The minimum absolute atomic E-state index is 0.208. The van der Waals surface area contributed by atoms with E-state index >= 15 is 0 Å². The van der Waals surface area contributed by atoms with Crippen LogP contribution in [0.25, 0.3) is 0 Å². The van der Waals surface area contributed by atoms with Gasteiger partial charge in [-0.25, -0.2) is 15.0 Å². The summed E-state index contributed by atoms with van der Waals surface area (Å²) in [6.45, 7) is 8.10. The molecule has 0 spiro atoms. The van der Waals surface area contributed by atoms with Gasteiger partial charge in [0.2, 0.25) is 0 Å². The van der Waals surface area contributed by atoms with Gasteiger partial charge in [-0.3, -0.25) is 0 Å². The summed E-state index contributed by atoms with van der Waals surface area (Å²) < 4.78 is 0. The molecular formula is C28H32N4. The second-order valence-corrected chi connectivity index (χ2v) is 8.69. The molecule has 0 bridgehead atoms. The Bertz CT molecular complexity index is 1060. The second-order valence-electron chi connectivity index (χ2n) is 8.69. The van der Waals surface area contributed by atoms with Crippen molar-refractivity contribution >= 4 is 5.84 Å². The molecule has 32 heavy (non-hydrogen) atoms. The van der Waals surface area contributed by atoms with Crippen molar-refractivity contribution in [3.63, 3.8) is 0 Å². The van der Waals surface area contributed by atoms with Crippen molar-refractivity contribution in [3.05, 3.63) is 106 Å². The molecule has 1 aliphatic carbocycles. The van der Waals surface area contributed by atoms with Crippen LogP contribution in [-0.4, -0.2) is 15.8 Å². The van der Waals surface area contributed by atoms with E-state index in [0.717, 1.165) is 35.8 Å². The van der Waals surface area contributed by atoms with Crippen molar-refractivity contribution in [3.8, 4) is 0 Å². The molecule has 4 nitrogen and oxygen atoms in total. The van der Waals surface area contributed by atoms with Crippen molar-refractivity contribution in [1.82, 2.24) is 9.97 Å². The first kappa shape index (κ1) is 21.9. The Morgan fingerprint density at radius 1 is 0.906 bits per heavy atom. The molecule has 0 saturated heterocycles. The molecule has 1 aliphatic rings. The fourth-order valence-corrected chi connectivity index (χ4v) is 5.08. The van der Waals surface area contributed by atoms with Crippen LogP contribution in [0.4, 0.5) is 0 Å². The zero-order valence-corrected chi connectivity index (χ0v) is 19.4. The molecule has 0 amide bonds. The molecule has 1 saturated carbocycles. The molecule has 2 N–H and O–H groups in total. The van der Waals surface area contributed by atoms with Gasteiger partial charge in [0.15, 0.2) is 0 Å². The van der Waals surface area contributed by atoms with Crippen LogP contribution >= 0.6 is 0 Å². The third kappa shape index (κ3) is 4.36. The maximum Gasteiger partial charge on any atom is 0.125 e. The van der Waals surface area contributed by atoms with Crippen molar-refractivity contribution in [2.75, 3.05) is 0 Å². The standard InChI is InChI=1S/C28H32N4/c1-5-12-23(31-19(3)29)27-25(21-13-8-6-9-14-21)28(24-17-18(2)30-20(4)32-24)26(27)22-15-10-7-11-16-22/h6-11,13-17,25-26,28H,5,12H2,1-4H3,(H2,29,31). The average Bonchev–Trinajstić information content (AvgIpc) is 2.74. The Hall–Kier alpha value is -3.27. The van der Waals surface area contributed by atoms with Crippen molar-refractivity contribution in [2.45, 2.75) is 58.3 Å². The molecule has 0 aliphatic heterocycles. The Kier molecular flexibility index (Phi) is 6.50. The first-order chi connectivity index (χ1) is 15.5. The molecule has 4 rings (SSSR count). The third-order valence-electron chi connectivity index (χ3n) is 6.16. The minimum Gasteiger partial charge on any atom is -0.387 e. The van der Waals surface area contributed by atoms with Gasteiger partial charge in [-0.1, -0.05) is 74.0 Å². The highest BCUT2D eigenvalue weighted by molar-refractivity contribution is 5.79. The normalized spacial score (nSPS) is 20.7. The lowest BCUT2D eigenvalue weighted by Gasteiger charge is -2.49. The van der Waals surface area contributed by atoms with E-state index in [1.807, 2.05) is 20.8 Å². The first-order valence-corrected chi connectivity index (χ1v) is 11.4. The van der Waals surface area contributed by atoms with E-state index in [1.165, 1.54) is 16.7 Å². The van der Waals surface area contributed by atoms with Crippen molar-refractivity contribution in [1.29, 1.82) is 0 Å². The van der Waals surface area contributed by atoms with E-state index < -0.39 is 0 Å². The van der Waals surface area contributed by atoms with Gasteiger partial charge in [0.25, 0.3) is 0 Å². The highest BCUT2D eigenvalue weighted by atomic mass is 14.9. The number of aryl methyl sites for hydroxylation is 2. The van der Waals surface area contributed by atoms with Crippen LogP contribution < -0.4 is 5.73 Å². The molecule has 1 aromatic heterocycles. The minimum atomic E-state index is 0.208. The quantitative estimate of drug-likeness (QED) is 0.379. The summed E-state index contributed by atoms with van der Waals surface area (Å²) in [5, 5.41) is 0. The Labute approximate surface area is 191 Å². The Balaban J connectivity index is 1.98. The van der Waals surface area contributed by atoms with Gasteiger partial charge < -0.3 is 5.73 Å². The summed E-state index contributed by atoms with van der Waals surface area (Å²) >= 11 is 0. The predicted molar refractivity (Wildman–Crippen MR) is 132 cm³/mol. The smallest absolute Gasteiger partial charge is 0.125 e. The van der Waals surface area contributed by atoms with E-state index in [4.69, 9.17) is 15.7 Å². The fraction of sp³-hybridized carbons (Fsp3) is 0.321. The van der Waals surface area contributed by atoms with Crippen LogP contribution in [0.3, 0.4) is 0 Å². The fourth-order valence-electron chi connectivity index (χ4n) is 5.08. The lowest BCUT2D eigenvalue weighted by Crippen LogP contribution is -2.36. The zero-order chi connectivity index (χ0) is 22.7. The van der Waals surface area contributed by atoms with Gasteiger partial charge in [-0.05, 0) is 50.0 Å². The number of benzene rings is 2. The van der Waals surface area contributed by atoms with Crippen molar-refractivity contribution < 1.29 is 0 Å². The highest BCUT2D eigenvalue weighted by Crippen LogP contribution is 2.63. The van der Waals surface area contributed by atoms with Crippen LogP contribution in [0, 0.1) is 13.8 Å². The summed E-state index contributed by atoms with van der Waals surface area (Å²) in [5.41, 5.74) is 13.3. The SMILES string of the molecule is CCCC(N=C(C)N)=C1C(c2ccccc2)C(c2cc(C)nc(C)n2)C1c1ccccc1. The topological polar surface area (TPSA) is 64.2 Å². The van der Waals surface area contributed by atoms with Crippen LogP contribution in [0.15, 0.2) is 83.0 Å². The van der Waals surface area contributed by atoms with E-state index in [1.54, 1.807) is 0 Å². The number of aliphatic imine (C=N–C) groups is 1. The number of aromatic nitrogens is 2. The van der Waals surface area contributed by atoms with Crippen LogP contribution in [0.5, 0.6) is 0 Å². The summed E-state index contributed by atoms with van der Waals surface area (Å²) in [4.78, 5) is 14.3. The number of rotatable bonds is 6. The molecule has 164 valence electrons. The average molecular weight is 425 g/mol. The highest BCUT2D eigenvalue weighted by Gasteiger charge is 2.50.